The van der Waals surface area contributed by atoms with E-state index in [1.165, 1.54) is 6.07 Å². The highest BCUT2D eigenvalue weighted by Gasteiger charge is 2.18. The quantitative estimate of drug-likeness (QED) is 0.647. The van der Waals surface area contributed by atoms with Gasteiger partial charge in [-0.1, -0.05) is 23.7 Å². The maximum Gasteiger partial charge on any atom is 0.311 e. The first-order valence-electron chi connectivity index (χ1n) is 6.36. The molecule has 0 aliphatic carbocycles. The Morgan fingerprint density at radius 1 is 1.33 bits per heavy atom. The Labute approximate surface area is 127 Å². The number of nitrogens with one attached hydrogen (secondary N) is 2. The molecule has 6 nitrogen and oxygen atoms in total. The van der Waals surface area contributed by atoms with Gasteiger partial charge in [-0.3, -0.25) is 10.1 Å². The van der Waals surface area contributed by atoms with Gasteiger partial charge in [-0.2, -0.15) is 0 Å². The first-order chi connectivity index (χ1) is 10.0. The molecule has 1 atom stereocenters. The molecule has 1 aromatic carbocycles. The first kappa shape index (κ1) is 15.1. The van der Waals surface area contributed by atoms with Gasteiger partial charge in [-0.05, 0) is 30.7 Å². The summed E-state index contributed by atoms with van der Waals surface area (Å²) in [5.74, 6) is 0.778. The third kappa shape index (κ3) is 3.61. The van der Waals surface area contributed by atoms with Crippen LogP contribution in [0.5, 0.6) is 0 Å². The van der Waals surface area contributed by atoms with Crippen LogP contribution in [0.3, 0.4) is 0 Å². The number of benzene rings is 1. The van der Waals surface area contributed by atoms with Crippen LogP contribution in [0, 0.1) is 10.1 Å². The van der Waals surface area contributed by atoms with Crippen molar-refractivity contribution >= 4 is 28.9 Å². The Kier molecular flexibility index (Phi) is 4.59. The number of hydrogen-bond acceptors (Lipinski definition) is 5. The van der Waals surface area contributed by atoms with Gasteiger partial charge in [0.25, 0.3) is 0 Å². The van der Waals surface area contributed by atoms with E-state index in [9.17, 15) is 10.1 Å². The second-order valence-corrected chi connectivity index (χ2v) is 4.93. The Bertz CT molecular complexity index is 663. The zero-order valence-corrected chi connectivity index (χ0v) is 12.4. The monoisotopic (exact) mass is 306 g/mol. The number of nitro groups is 1. The average Bonchev–Trinajstić information content (AvgIpc) is 2.46. The van der Waals surface area contributed by atoms with Crippen LogP contribution in [-0.2, 0) is 0 Å². The summed E-state index contributed by atoms with van der Waals surface area (Å²) < 4.78 is 0. The van der Waals surface area contributed by atoms with Gasteiger partial charge in [0.2, 0.25) is 5.82 Å². The van der Waals surface area contributed by atoms with Gasteiger partial charge in [-0.15, -0.1) is 0 Å². The molecule has 0 spiro atoms. The number of halogens is 1. The molecule has 2 rings (SSSR count). The smallest absolute Gasteiger partial charge is 0.311 e. The summed E-state index contributed by atoms with van der Waals surface area (Å²) >= 11 is 5.96. The van der Waals surface area contributed by atoms with Crippen molar-refractivity contribution in [3.05, 3.63) is 57.1 Å². The lowest BCUT2D eigenvalue weighted by Crippen LogP contribution is -2.10. The standard InChI is InChI=1S/C14H15ClN4O2/c1-9(10-4-3-5-11(15)8-10)17-14-12(19(20)21)6-7-13(16-2)18-14/h3-9H,1-2H3,(H2,16,17,18). The van der Waals surface area contributed by atoms with Crippen LogP contribution in [0.2, 0.25) is 5.02 Å². The van der Waals surface area contributed by atoms with E-state index >= 15 is 0 Å². The Morgan fingerprint density at radius 2 is 2.10 bits per heavy atom. The summed E-state index contributed by atoms with van der Waals surface area (Å²) in [5.41, 5.74) is 0.858. The van der Waals surface area contributed by atoms with Gasteiger partial charge in [0.05, 0.1) is 11.0 Å². The highest BCUT2D eigenvalue weighted by Crippen LogP contribution is 2.28. The lowest BCUT2D eigenvalue weighted by atomic mass is 10.1. The van der Waals surface area contributed by atoms with Crippen LogP contribution in [0.4, 0.5) is 17.3 Å². The summed E-state index contributed by atoms with van der Waals surface area (Å²) in [6, 6.07) is 10.1. The SMILES string of the molecule is CNc1ccc([N+](=O)[O-])c(NC(C)c2cccc(Cl)c2)n1. The molecule has 0 radical (unpaired) electrons. The number of anilines is 2. The van der Waals surface area contributed by atoms with E-state index < -0.39 is 4.92 Å². The van der Waals surface area contributed by atoms with E-state index in [0.29, 0.717) is 10.8 Å². The predicted molar refractivity (Wildman–Crippen MR) is 83.9 cm³/mol. The number of nitrogens with zero attached hydrogens (tertiary/aromatic N) is 2. The minimum absolute atomic E-state index is 0.0668. The van der Waals surface area contributed by atoms with Crippen LogP contribution in [0.25, 0.3) is 0 Å². The Balaban J connectivity index is 2.31. The van der Waals surface area contributed by atoms with Crippen LogP contribution >= 0.6 is 11.6 Å². The molecule has 1 aromatic heterocycles. The molecular weight excluding hydrogens is 292 g/mol. The number of rotatable bonds is 5. The molecule has 1 heterocycles. The van der Waals surface area contributed by atoms with E-state index in [1.54, 1.807) is 19.2 Å². The molecule has 0 aliphatic rings. The molecular formula is C14H15ClN4O2. The fourth-order valence-electron chi connectivity index (χ4n) is 1.91. The van der Waals surface area contributed by atoms with Crippen LogP contribution in [-0.4, -0.2) is 17.0 Å². The lowest BCUT2D eigenvalue weighted by molar-refractivity contribution is -0.384. The van der Waals surface area contributed by atoms with Gasteiger partial charge in [-0.25, -0.2) is 4.98 Å². The molecule has 2 N–H and O–H groups in total. The maximum absolute atomic E-state index is 11.1. The molecule has 0 bridgehead atoms. The minimum Gasteiger partial charge on any atom is -0.373 e. The second kappa shape index (κ2) is 6.41. The molecule has 0 amide bonds. The van der Waals surface area contributed by atoms with Crippen molar-refractivity contribution in [2.24, 2.45) is 0 Å². The topological polar surface area (TPSA) is 80.1 Å². The third-order valence-corrected chi connectivity index (χ3v) is 3.26. The number of aromatic nitrogens is 1. The lowest BCUT2D eigenvalue weighted by Gasteiger charge is -2.15. The van der Waals surface area contributed by atoms with E-state index in [1.807, 2.05) is 25.1 Å². The van der Waals surface area contributed by atoms with Crippen molar-refractivity contribution < 1.29 is 4.92 Å². The largest absolute Gasteiger partial charge is 0.373 e. The highest BCUT2D eigenvalue weighted by atomic mass is 35.5. The highest BCUT2D eigenvalue weighted by molar-refractivity contribution is 6.30. The Hall–Kier alpha value is -2.34. The fourth-order valence-corrected chi connectivity index (χ4v) is 2.11. The maximum atomic E-state index is 11.1. The van der Waals surface area contributed by atoms with Crippen molar-refractivity contribution in [1.82, 2.24) is 4.98 Å². The number of pyridine rings is 1. The van der Waals surface area contributed by atoms with Crippen molar-refractivity contribution in [3.8, 4) is 0 Å². The summed E-state index contributed by atoms with van der Waals surface area (Å²) in [4.78, 5) is 14.8. The van der Waals surface area contributed by atoms with Crippen molar-refractivity contribution in [1.29, 1.82) is 0 Å². The molecule has 2 aromatic rings. The minimum atomic E-state index is -0.459. The molecule has 1 unspecified atom stereocenters. The third-order valence-electron chi connectivity index (χ3n) is 3.03. The summed E-state index contributed by atoms with van der Waals surface area (Å²) in [6.45, 7) is 1.89. The zero-order chi connectivity index (χ0) is 15.4. The van der Waals surface area contributed by atoms with Crippen molar-refractivity contribution in [3.63, 3.8) is 0 Å². The normalized spacial score (nSPS) is 11.8. The molecule has 110 valence electrons. The van der Waals surface area contributed by atoms with E-state index in [0.717, 1.165) is 5.56 Å². The van der Waals surface area contributed by atoms with Crippen LogP contribution in [0.15, 0.2) is 36.4 Å². The summed E-state index contributed by atoms with van der Waals surface area (Å²) in [5, 5.41) is 17.6. The molecule has 0 fully saturated rings. The average molecular weight is 307 g/mol. The van der Waals surface area contributed by atoms with Crippen molar-refractivity contribution in [2.75, 3.05) is 17.7 Å². The fraction of sp³-hybridized carbons (Fsp3) is 0.214. The molecule has 7 heteroatoms. The van der Waals surface area contributed by atoms with E-state index in [2.05, 4.69) is 15.6 Å². The summed E-state index contributed by atoms with van der Waals surface area (Å²) in [6.07, 6.45) is 0. The van der Waals surface area contributed by atoms with E-state index in [4.69, 9.17) is 11.6 Å². The number of hydrogen-bond donors (Lipinski definition) is 2. The van der Waals surface area contributed by atoms with Crippen LogP contribution < -0.4 is 10.6 Å². The predicted octanol–water partition coefficient (Wildman–Crippen LogP) is 3.86. The van der Waals surface area contributed by atoms with Gasteiger partial charge < -0.3 is 10.6 Å². The second-order valence-electron chi connectivity index (χ2n) is 4.49. The van der Waals surface area contributed by atoms with Gasteiger partial charge >= 0.3 is 5.69 Å². The van der Waals surface area contributed by atoms with Gasteiger partial charge in [0.1, 0.15) is 5.82 Å². The van der Waals surface area contributed by atoms with Gasteiger partial charge in [0.15, 0.2) is 0 Å². The molecule has 0 aliphatic heterocycles. The van der Waals surface area contributed by atoms with E-state index in [-0.39, 0.29) is 17.5 Å². The first-order valence-corrected chi connectivity index (χ1v) is 6.74. The van der Waals surface area contributed by atoms with Crippen LogP contribution in [0.1, 0.15) is 18.5 Å². The molecule has 0 saturated carbocycles. The molecule has 0 saturated heterocycles. The molecule has 21 heavy (non-hydrogen) atoms. The Morgan fingerprint density at radius 3 is 2.71 bits per heavy atom. The summed E-state index contributed by atoms with van der Waals surface area (Å²) in [7, 11) is 1.71. The zero-order valence-electron chi connectivity index (χ0n) is 11.6. The van der Waals surface area contributed by atoms with Crippen molar-refractivity contribution in [2.45, 2.75) is 13.0 Å². The van der Waals surface area contributed by atoms with Gasteiger partial charge in [0, 0.05) is 18.1 Å².